The van der Waals surface area contributed by atoms with Gasteiger partial charge < -0.3 is 14.8 Å². The summed E-state index contributed by atoms with van der Waals surface area (Å²) in [6.45, 7) is 2.14. The van der Waals surface area contributed by atoms with Crippen molar-refractivity contribution in [2.45, 2.75) is 25.8 Å². The monoisotopic (exact) mass is 431 g/mol. The van der Waals surface area contributed by atoms with Crippen LogP contribution in [0.1, 0.15) is 21.7 Å². The average Bonchev–Trinajstić information content (AvgIpc) is 3.26. The number of alkyl halides is 3. The van der Waals surface area contributed by atoms with E-state index in [1.54, 1.807) is 31.3 Å². The molecule has 0 aliphatic carbocycles. The van der Waals surface area contributed by atoms with Gasteiger partial charge in [0.05, 0.1) is 12.2 Å². The minimum Gasteiger partial charge on any atom is -0.488 e. The van der Waals surface area contributed by atoms with E-state index in [0.29, 0.717) is 30.0 Å². The highest BCUT2D eigenvalue weighted by atomic mass is 19.4. The van der Waals surface area contributed by atoms with Gasteiger partial charge in [0, 0.05) is 13.5 Å². The van der Waals surface area contributed by atoms with Crippen LogP contribution in [-0.2, 0) is 13.5 Å². The molecule has 3 aromatic rings. The van der Waals surface area contributed by atoms with Crippen LogP contribution in [0.25, 0.3) is 11.1 Å². The normalized spacial score (nSPS) is 15.3. The standard InChI is InChI=1S/C22H20F3N3O3/c1-13-8-19(28(2)27-13)21(29)26-12-18-11-16-9-15(6-7-20(16)30-18)14-4-3-5-17(10-14)31-22(23,24)25/h3-10,18H,11-12H2,1-2H3,(H,26,29). The molecular weight excluding hydrogens is 411 g/mol. The number of halogens is 3. The molecule has 31 heavy (non-hydrogen) atoms. The summed E-state index contributed by atoms with van der Waals surface area (Å²) in [4.78, 5) is 12.4. The van der Waals surface area contributed by atoms with Gasteiger partial charge in [-0.15, -0.1) is 13.2 Å². The molecule has 4 rings (SSSR count). The summed E-state index contributed by atoms with van der Waals surface area (Å²) >= 11 is 0. The number of rotatable bonds is 5. The highest BCUT2D eigenvalue weighted by Crippen LogP contribution is 2.34. The SMILES string of the molecule is Cc1cc(C(=O)NCC2Cc3cc(-c4cccc(OC(F)(F)F)c4)ccc3O2)n(C)n1. The lowest BCUT2D eigenvalue weighted by atomic mass is 10.0. The van der Waals surface area contributed by atoms with Crippen molar-refractivity contribution in [2.24, 2.45) is 7.05 Å². The third-order valence-electron chi connectivity index (χ3n) is 4.93. The number of ether oxygens (including phenoxy) is 2. The van der Waals surface area contributed by atoms with Gasteiger partial charge in [0.2, 0.25) is 0 Å². The largest absolute Gasteiger partial charge is 0.573 e. The Balaban J connectivity index is 1.42. The fourth-order valence-corrected chi connectivity index (χ4v) is 3.61. The molecule has 0 radical (unpaired) electrons. The summed E-state index contributed by atoms with van der Waals surface area (Å²) in [5.74, 6) is 0.194. The van der Waals surface area contributed by atoms with Gasteiger partial charge in [0.25, 0.3) is 5.91 Å². The lowest BCUT2D eigenvalue weighted by molar-refractivity contribution is -0.274. The quantitative estimate of drug-likeness (QED) is 0.663. The number of nitrogens with zero attached hydrogens (tertiary/aromatic N) is 2. The highest BCUT2D eigenvalue weighted by molar-refractivity contribution is 5.92. The molecule has 1 atom stereocenters. The van der Waals surface area contributed by atoms with Gasteiger partial charge >= 0.3 is 6.36 Å². The Morgan fingerprint density at radius 3 is 2.71 bits per heavy atom. The Morgan fingerprint density at radius 1 is 1.23 bits per heavy atom. The van der Waals surface area contributed by atoms with E-state index >= 15 is 0 Å². The fourth-order valence-electron chi connectivity index (χ4n) is 3.61. The van der Waals surface area contributed by atoms with E-state index in [1.165, 1.54) is 22.9 Å². The second kappa shape index (κ2) is 7.98. The van der Waals surface area contributed by atoms with E-state index in [9.17, 15) is 18.0 Å². The van der Waals surface area contributed by atoms with E-state index < -0.39 is 6.36 Å². The van der Waals surface area contributed by atoms with Crippen molar-refractivity contribution in [2.75, 3.05) is 6.54 Å². The third kappa shape index (κ3) is 4.82. The first kappa shape index (κ1) is 20.8. The maximum absolute atomic E-state index is 12.5. The van der Waals surface area contributed by atoms with Crippen LogP contribution in [0.15, 0.2) is 48.5 Å². The number of aryl methyl sites for hydroxylation is 2. The van der Waals surface area contributed by atoms with Crippen LogP contribution in [-0.4, -0.2) is 34.7 Å². The number of benzene rings is 2. The van der Waals surface area contributed by atoms with Crippen molar-refractivity contribution in [1.82, 2.24) is 15.1 Å². The van der Waals surface area contributed by atoms with E-state index in [-0.39, 0.29) is 17.8 Å². The number of carbonyl (C=O) groups is 1. The number of hydrogen-bond donors (Lipinski definition) is 1. The van der Waals surface area contributed by atoms with Gasteiger partial charge in [0.15, 0.2) is 0 Å². The molecule has 2 heterocycles. The van der Waals surface area contributed by atoms with E-state index in [2.05, 4.69) is 15.2 Å². The molecule has 1 amide bonds. The van der Waals surface area contributed by atoms with Crippen molar-refractivity contribution in [3.8, 4) is 22.6 Å². The van der Waals surface area contributed by atoms with Gasteiger partial charge in [-0.1, -0.05) is 18.2 Å². The van der Waals surface area contributed by atoms with Crippen molar-refractivity contribution in [3.63, 3.8) is 0 Å². The van der Waals surface area contributed by atoms with Crippen LogP contribution in [0.2, 0.25) is 0 Å². The number of aromatic nitrogens is 2. The summed E-state index contributed by atoms with van der Waals surface area (Å²) in [6, 6.07) is 13.0. The first-order chi connectivity index (χ1) is 14.7. The second-order valence-electron chi connectivity index (χ2n) is 7.35. The maximum Gasteiger partial charge on any atom is 0.573 e. The Morgan fingerprint density at radius 2 is 2.00 bits per heavy atom. The molecule has 162 valence electrons. The van der Waals surface area contributed by atoms with E-state index in [0.717, 1.165) is 16.8 Å². The minimum atomic E-state index is -4.74. The molecular formula is C22H20F3N3O3. The third-order valence-corrected chi connectivity index (χ3v) is 4.93. The summed E-state index contributed by atoms with van der Waals surface area (Å²) in [6.07, 6.45) is -4.40. The predicted molar refractivity (Wildman–Crippen MR) is 107 cm³/mol. The van der Waals surface area contributed by atoms with Gasteiger partial charge in [0.1, 0.15) is 23.3 Å². The maximum atomic E-state index is 12.5. The Hall–Kier alpha value is -3.49. The summed E-state index contributed by atoms with van der Waals surface area (Å²) in [7, 11) is 1.71. The highest BCUT2D eigenvalue weighted by Gasteiger charge is 2.31. The minimum absolute atomic E-state index is 0.232. The molecule has 1 aliphatic rings. The zero-order chi connectivity index (χ0) is 22.2. The van der Waals surface area contributed by atoms with E-state index in [1.807, 2.05) is 13.0 Å². The van der Waals surface area contributed by atoms with Crippen molar-refractivity contribution < 1.29 is 27.4 Å². The second-order valence-corrected chi connectivity index (χ2v) is 7.35. The average molecular weight is 431 g/mol. The smallest absolute Gasteiger partial charge is 0.488 e. The van der Waals surface area contributed by atoms with Gasteiger partial charge in [-0.25, -0.2) is 0 Å². The van der Waals surface area contributed by atoms with Gasteiger partial charge in [-0.05, 0) is 53.9 Å². The van der Waals surface area contributed by atoms with Crippen LogP contribution >= 0.6 is 0 Å². The lowest BCUT2D eigenvalue weighted by Gasteiger charge is -2.12. The molecule has 6 nitrogen and oxygen atoms in total. The Labute approximate surface area is 176 Å². The molecule has 9 heteroatoms. The molecule has 2 aromatic carbocycles. The Kier molecular flexibility index (Phi) is 5.34. The van der Waals surface area contributed by atoms with Crippen LogP contribution in [0.4, 0.5) is 13.2 Å². The summed E-state index contributed by atoms with van der Waals surface area (Å²) in [5.41, 5.74) is 3.51. The molecule has 0 saturated carbocycles. The number of nitrogens with one attached hydrogen (secondary N) is 1. The van der Waals surface area contributed by atoms with Crippen LogP contribution < -0.4 is 14.8 Å². The Bertz CT molecular complexity index is 1120. The zero-order valence-electron chi connectivity index (χ0n) is 16.9. The molecule has 0 saturated heterocycles. The number of hydrogen-bond acceptors (Lipinski definition) is 4. The molecule has 0 bridgehead atoms. The van der Waals surface area contributed by atoms with Crippen molar-refractivity contribution >= 4 is 5.91 Å². The number of fused-ring (bicyclic) bond motifs is 1. The molecule has 0 fully saturated rings. The van der Waals surface area contributed by atoms with Gasteiger partial charge in [-0.3, -0.25) is 9.48 Å². The number of carbonyl (C=O) groups excluding carboxylic acids is 1. The topological polar surface area (TPSA) is 65.4 Å². The van der Waals surface area contributed by atoms with E-state index in [4.69, 9.17) is 4.74 Å². The first-order valence-electron chi connectivity index (χ1n) is 9.62. The lowest BCUT2D eigenvalue weighted by Crippen LogP contribution is -2.35. The van der Waals surface area contributed by atoms with Gasteiger partial charge in [-0.2, -0.15) is 5.10 Å². The summed E-state index contributed by atoms with van der Waals surface area (Å²) in [5, 5.41) is 7.02. The molecule has 0 spiro atoms. The molecule has 1 aliphatic heterocycles. The van der Waals surface area contributed by atoms with Crippen LogP contribution in [0, 0.1) is 6.92 Å². The van der Waals surface area contributed by atoms with Crippen molar-refractivity contribution in [3.05, 3.63) is 65.5 Å². The molecule has 1 unspecified atom stereocenters. The zero-order valence-corrected chi connectivity index (χ0v) is 16.9. The molecule has 1 aromatic heterocycles. The predicted octanol–water partition coefficient (Wildman–Crippen LogP) is 4.03. The van der Waals surface area contributed by atoms with Crippen LogP contribution in [0.5, 0.6) is 11.5 Å². The van der Waals surface area contributed by atoms with Crippen LogP contribution in [0.3, 0.4) is 0 Å². The number of amides is 1. The fraction of sp³-hybridized carbons (Fsp3) is 0.273. The first-order valence-corrected chi connectivity index (χ1v) is 9.62. The molecule has 1 N–H and O–H groups in total. The summed E-state index contributed by atoms with van der Waals surface area (Å²) < 4.78 is 48.9. The van der Waals surface area contributed by atoms with Crippen molar-refractivity contribution in [1.29, 1.82) is 0 Å².